The lowest BCUT2D eigenvalue weighted by Gasteiger charge is -2.02. The van der Waals surface area contributed by atoms with E-state index in [9.17, 15) is 9.59 Å². The van der Waals surface area contributed by atoms with Gasteiger partial charge in [-0.2, -0.15) is 10.2 Å². The molecule has 0 radical (unpaired) electrons. The van der Waals surface area contributed by atoms with Crippen molar-refractivity contribution < 1.29 is 28.5 Å². The van der Waals surface area contributed by atoms with Crippen molar-refractivity contribution in [2.24, 2.45) is 10.2 Å². The van der Waals surface area contributed by atoms with Crippen molar-refractivity contribution in [3.63, 3.8) is 0 Å². The zero-order chi connectivity index (χ0) is 21.1. The van der Waals surface area contributed by atoms with Gasteiger partial charge in [0.2, 0.25) is 13.6 Å². The molecule has 0 fully saturated rings. The first-order valence-electron chi connectivity index (χ1n) is 8.36. The van der Waals surface area contributed by atoms with Gasteiger partial charge in [0.15, 0.2) is 23.0 Å². The molecule has 0 aromatic heterocycles. The minimum absolute atomic E-state index is 0.141. The highest BCUT2D eigenvalue weighted by molar-refractivity contribution is 9.10. The van der Waals surface area contributed by atoms with E-state index in [0.717, 1.165) is 0 Å². The highest BCUT2D eigenvalue weighted by Crippen LogP contribution is 2.37. The summed E-state index contributed by atoms with van der Waals surface area (Å²) in [5.41, 5.74) is 5.51. The molecule has 0 bridgehead atoms. The summed E-state index contributed by atoms with van der Waals surface area (Å²) in [6.07, 6.45) is 2.73. The normalized spacial score (nSPS) is 13.8. The maximum atomic E-state index is 11.9. The molecule has 0 spiro atoms. The number of hydrogen-bond donors (Lipinski definition) is 2. The molecule has 2 aliphatic rings. The van der Waals surface area contributed by atoms with E-state index in [1.807, 2.05) is 0 Å². The fourth-order valence-electron chi connectivity index (χ4n) is 2.49. The Kier molecular flexibility index (Phi) is 5.86. The van der Waals surface area contributed by atoms with Gasteiger partial charge in [0.1, 0.15) is 0 Å². The molecule has 0 unspecified atom stereocenters. The Morgan fingerprint density at radius 3 is 1.50 bits per heavy atom. The molecule has 0 saturated heterocycles. The fourth-order valence-corrected chi connectivity index (χ4v) is 3.34. The highest BCUT2D eigenvalue weighted by atomic mass is 79.9. The average molecular weight is 540 g/mol. The first-order chi connectivity index (χ1) is 14.5. The number of carbonyl (C=O) groups excluding carboxylic acids is 2. The first kappa shape index (κ1) is 20.2. The number of halogens is 2. The quantitative estimate of drug-likeness (QED) is 0.349. The minimum atomic E-state index is -0.981. The monoisotopic (exact) mass is 538 g/mol. The van der Waals surface area contributed by atoms with E-state index >= 15 is 0 Å². The number of hydrazone groups is 2. The van der Waals surface area contributed by atoms with Crippen LogP contribution in [-0.2, 0) is 9.59 Å². The van der Waals surface area contributed by atoms with Crippen molar-refractivity contribution in [1.29, 1.82) is 0 Å². The molecule has 30 heavy (non-hydrogen) atoms. The molecule has 2 N–H and O–H groups in total. The van der Waals surface area contributed by atoms with Gasteiger partial charge >= 0.3 is 11.8 Å². The molecule has 2 aromatic carbocycles. The van der Waals surface area contributed by atoms with Gasteiger partial charge in [-0.3, -0.25) is 9.59 Å². The Balaban J connectivity index is 1.32. The van der Waals surface area contributed by atoms with Gasteiger partial charge in [-0.25, -0.2) is 10.9 Å². The summed E-state index contributed by atoms with van der Waals surface area (Å²) < 4.78 is 22.5. The highest BCUT2D eigenvalue weighted by Gasteiger charge is 2.17. The molecule has 0 saturated carbocycles. The van der Waals surface area contributed by atoms with Crippen molar-refractivity contribution in [3.05, 3.63) is 44.3 Å². The van der Waals surface area contributed by atoms with Gasteiger partial charge in [-0.1, -0.05) is 0 Å². The standard InChI is InChI=1S/C18H12Br2N4O6/c19-11-3-15-13(27-7-29-15)1-9(11)5-21-23-17(25)18(26)24-22-6-10-2-14-16(4-12(10)20)30-8-28-14/h1-6H,7-8H2,(H,23,25)(H,24,26)/b21-5+,22-6+. The Morgan fingerprint density at radius 1 is 0.733 bits per heavy atom. The van der Waals surface area contributed by atoms with Gasteiger partial charge in [-0.15, -0.1) is 0 Å². The Labute approximate surface area is 186 Å². The minimum Gasteiger partial charge on any atom is -0.454 e. The van der Waals surface area contributed by atoms with Crippen LogP contribution in [0, 0.1) is 0 Å². The van der Waals surface area contributed by atoms with Crippen molar-refractivity contribution in [1.82, 2.24) is 10.9 Å². The van der Waals surface area contributed by atoms with E-state index in [4.69, 9.17) is 18.9 Å². The van der Waals surface area contributed by atoms with E-state index in [-0.39, 0.29) is 13.6 Å². The van der Waals surface area contributed by atoms with Crippen LogP contribution in [0.3, 0.4) is 0 Å². The van der Waals surface area contributed by atoms with Crippen LogP contribution in [0.1, 0.15) is 11.1 Å². The molecule has 12 heteroatoms. The predicted octanol–water partition coefficient (Wildman–Crippen LogP) is 2.27. The lowest BCUT2D eigenvalue weighted by atomic mass is 10.2. The number of amides is 2. The Hall–Kier alpha value is -3.12. The molecule has 0 atom stereocenters. The summed E-state index contributed by atoms with van der Waals surface area (Å²) in [6.45, 7) is 0.283. The Bertz CT molecular complexity index is 1000. The second-order valence-corrected chi connectivity index (χ2v) is 7.56. The molecule has 0 aliphatic carbocycles. The van der Waals surface area contributed by atoms with E-state index in [0.29, 0.717) is 43.1 Å². The van der Waals surface area contributed by atoms with Crippen LogP contribution >= 0.6 is 31.9 Å². The smallest absolute Gasteiger partial charge is 0.331 e. The average Bonchev–Trinajstić information content (AvgIpc) is 3.36. The van der Waals surface area contributed by atoms with E-state index < -0.39 is 11.8 Å². The van der Waals surface area contributed by atoms with Gasteiger partial charge in [0.05, 0.1) is 12.4 Å². The largest absolute Gasteiger partial charge is 0.454 e. The number of nitrogens with zero attached hydrogens (tertiary/aromatic N) is 2. The molecule has 154 valence electrons. The predicted molar refractivity (Wildman–Crippen MR) is 112 cm³/mol. The maximum Gasteiger partial charge on any atom is 0.331 e. The lowest BCUT2D eigenvalue weighted by molar-refractivity contribution is -0.139. The fraction of sp³-hybridized carbons (Fsp3) is 0.111. The van der Waals surface area contributed by atoms with Crippen LogP contribution in [0.4, 0.5) is 0 Å². The van der Waals surface area contributed by atoms with Crippen LogP contribution in [0.5, 0.6) is 23.0 Å². The van der Waals surface area contributed by atoms with Crippen LogP contribution in [-0.4, -0.2) is 37.8 Å². The third-order valence-corrected chi connectivity index (χ3v) is 5.30. The van der Waals surface area contributed by atoms with Gasteiger partial charge in [0.25, 0.3) is 0 Å². The van der Waals surface area contributed by atoms with Crippen molar-refractivity contribution in [2.75, 3.05) is 13.6 Å². The molecule has 2 heterocycles. The van der Waals surface area contributed by atoms with Crippen LogP contribution in [0.2, 0.25) is 0 Å². The summed E-state index contributed by atoms with van der Waals surface area (Å²) in [7, 11) is 0. The zero-order valence-corrected chi connectivity index (χ0v) is 18.2. The molecular formula is C18H12Br2N4O6. The topological polar surface area (TPSA) is 120 Å². The number of carbonyl (C=O) groups is 2. The van der Waals surface area contributed by atoms with Crippen LogP contribution in [0.15, 0.2) is 43.4 Å². The van der Waals surface area contributed by atoms with Crippen LogP contribution in [0.25, 0.3) is 0 Å². The number of nitrogens with one attached hydrogen (secondary N) is 2. The van der Waals surface area contributed by atoms with E-state index in [1.165, 1.54) is 12.4 Å². The zero-order valence-electron chi connectivity index (χ0n) is 15.0. The molecule has 2 amide bonds. The number of ether oxygens (including phenoxy) is 4. The lowest BCUT2D eigenvalue weighted by Crippen LogP contribution is -2.35. The number of rotatable bonds is 4. The molecular weight excluding hydrogens is 528 g/mol. The molecule has 10 nitrogen and oxygen atoms in total. The molecule has 2 aliphatic heterocycles. The first-order valence-corrected chi connectivity index (χ1v) is 9.94. The Morgan fingerprint density at radius 2 is 1.10 bits per heavy atom. The second-order valence-electron chi connectivity index (χ2n) is 5.85. The third kappa shape index (κ3) is 4.39. The third-order valence-electron chi connectivity index (χ3n) is 3.93. The summed E-state index contributed by atoms with van der Waals surface area (Å²) in [6, 6.07) is 6.83. The number of fused-ring (bicyclic) bond motifs is 2. The SMILES string of the molecule is O=C(N/N=C/c1cc2c(cc1Br)OCO2)C(=O)N/N=C/c1cc2c(cc1Br)OCO2. The summed E-state index contributed by atoms with van der Waals surface area (Å²) >= 11 is 6.74. The van der Waals surface area contributed by atoms with Crippen molar-refractivity contribution in [3.8, 4) is 23.0 Å². The van der Waals surface area contributed by atoms with E-state index in [1.54, 1.807) is 24.3 Å². The van der Waals surface area contributed by atoms with Crippen molar-refractivity contribution >= 4 is 56.1 Å². The maximum absolute atomic E-state index is 11.9. The van der Waals surface area contributed by atoms with Crippen molar-refractivity contribution in [2.45, 2.75) is 0 Å². The molecule has 2 aromatic rings. The van der Waals surface area contributed by atoms with Gasteiger partial charge in [-0.05, 0) is 56.1 Å². The molecule has 4 rings (SSSR count). The summed E-state index contributed by atoms with van der Waals surface area (Å²) in [5, 5.41) is 7.53. The number of hydrogen-bond acceptors (Lipinski definition) is 8. The summed E-state index contributed by atoms with van der Waals surface area (Å²) in [4.78, 5) is 23.7. The summed E-state index contributed by atoms with van der Waals surface area (Å²) in [5.74, 6) is 0.374. The van der Waals surface area contributed by atoms with Crippen LogP contribution < -0.4 is 29.8 Å². The van der Waals surface area contributed by atoms with Gasteiger partial charge < -0.3 is 18.9 Å². The van der Waals surface area contributed by atoms with E-state index in [2.05, 4.69) is 52.9 Å². The van der Waals surface area contributed by atoms with Gasteiger partial charge in [0, 0.05) is 20.1 Å². The number of benzene rings is 2. The second kappa shape index (κ2) is 8.71.